The summed E-state index contributed by atoms with van der Waals surface area (Å²) in [7, 11) is 0. The van der Waals surface area contributed by atoms with Gasteiger partial charge in [0.15, 0.2) is 5.82 Å². The molecule has 0 unspecified atom stereocenters. The number of nitrogens with zero attached hydrogens (tertiary/aromatic N) is 4. The van der Waals surface area contributed by atoms with Gasteiger partial charge in [-0.2, -0.15) is 0 Å². The minimum atomic E-state index is 0.834. The fraction of sp³-hybridized carbons (Fsp3) is 0. The second-order valence-corrected chi connectivity index (χ2v) is 14.8. The number of rotatable bonds is 3. The quantitative estimate of drug-likeness (QED) is 0.185. The molecule has 5 heteroatoms. The van der Waals surface area contributed by atoms with Gasteiger partial charge in [-0.05, 0) is 77.5 Å². The average Bonchev–Trinajstić information content (AvgIpc) is 3.86. The van der Waals surface area contributed by atoms with Crippen LogP contribution in [0.2, 0.25) is 0 Å². The van der Waals surface area contributed by atoms with Gasteiger partial charge in [0.2, 0.25) is 0 Å². The van der Waals surface area contributed by atoms with Gasteiger partial charge in [0, 0.05) is 53.0 Å². The molecule has 4 aromatic heterocycles. The minimum Gasteiger partial charge on any atom is -0.309 e. The maximum atomic E-state index is 5.46. The van der Waals surface area contributed by atoms with Crippen molar-refractivity contribution in [1.82, 2.24) is 19.1 Å². The van der Waals surface area contributed by atoms with Crippen molar-refractivity contribution in [2.24, 2.45) is 0 Å². The molecule has 4 nitrogen and oxygen atoms in total. The summed E-state index contributed by atoms with van der Waals surface area (Å²) in [5, 5.41) is 9.77. The lowest BCUT2D eigenvalue weighted by Crippen LogP contribution is -2.03. The highest BCUT2D eigenvalue weighted by Crippen LogP contribution is 2.44. The molecule has 0 saturated carbocycles. The lowest BCUT2D eigenvalue weighted by atomic mass is 10.0. The van der Waals surface area contributed by atoms with E-state index in [1.807, 2.05) is 23.5 Å². The standard InChI is InChI=1S/C48H28N4S/c1-2-13-31(14-3-1)51-41-22-9-4-15-32(41)37-25-30-28-44-38(26-29(30)27-43(37)51)33-16-5-10-23-42(33)52(44)48-46(49-39-20-7-8-21-40(39)50-48)36-19-12-18-35-34-17-6-11-24-45(34)53-47(35)36/h1-28H. The number of aromatic nitrogens is 4. The molecular weight excluding hydrogens is 665 g/mol. The van der Waals surface area contributed by atoms with Crippen LogP contribution in [-0.2, 0) is 0 Å². The van der Waals surface area contributed by atoms with E-state index in [0.29, 0.717) is 0 Å². The van der Waals surface area contributed by atoms with Crippen LogP contribution in [0.3, 0.4) is 0 Å². The molecule has 0 aliphatic carbocycles. The summed E-state index contributed by atoms with van der Waals surface area (Å²) in [5.74, 6) is 0.834. The fourth-order valence-electron chi connectivity index (χ4n) is 8.52. The van der Waals surface area contributed by atoms with E-state index in [-0.39, 0.29) is 0 Å². The Morgan fingerprint density at radius 2 is 0.962 bits per heavy atom. The van der Waals surface area contributed by atoms with Gasteiger partial charge in [0.1, 0.15) is 5.69 Å². The molecule has 0 bridgehead atoms. The third kappa shape index (κ3) is 4.11. The zero-order valence-electron chi connectivity index (χ0n) is 28.4. The second kappa shape index (κ2) is 10.8. The minimum absolute atomic E-state index is 0.834. The van der Waals surface area contributed by atoms with Crippen LogP contribution in [0.15, 0.2) is 170 Å². The van der Waals surface area contributed by atoms with E-state index in [4.69, 9.17) is 9.97 Å². The van der Waals surface area contributed by atoms with Gasteiger partial charge in [-0.3, -0.25) is 4.57 Å². The molecule has 8 aromatic carbocycles. The van der Waals surface area contributed by atoms with E-state index in [9.17, 15) is 0 Å². The SMILES string of the molecule is c1ccc(-n2c3ccccc3c3cc4cc5c(cc4cc32)c2ccccc2n5-c2nc3ccccc3nc2-c2cccc3c2sc2ccccc23)cc1. The number of hydrogen-bond acceptors (Lipinski definition) is 3. The number of benzene rings is 8. The van der Waals surface area contributed by atoms with Crippen LogP contribution in [0, 0.1) is 0 Å². The first-order chi connectivity index (χ1) is 26.3. The second-order valence-electron chi connectivity index (χ2n) is 13.8. The first kappa shape index (κ1) is 28.8. The van der Waals surface area contributed by atoms with Crippen LogP contribution < -0.4 is 0 Å². The van der Waals surface area contributed by atoms with Crippen LogP contribution in [0.25, 0.3) is 108 Å². The van der Waals surface area contributed by atoms with Gasteiger partial charge in [-0.1, -0.05) is 103 Å². The zero-order valence-corrected chi connectivity index (χ0v) is 29.2. The molecule has 12 aromatic rings. The molecule has 0 fully saturated rings. The molecule has 53 heavy (non-hydrogen) atoms. The smallest absolute Gasteiger partial charge is 0.165 e. The van der Waals surface area contributed by atoms with Crippen LogP contribution in [0.4, 0.5) is 0 Å². The molecule has 4 heterocycles. The molecule has 0 N–H and O–H groups in total. The van der Waals surface area contributed by atoms with Crippen LogP contribution in [0.1, 0.15) is 0 Å². The highest BCUT2D eigenvalue weighted by Gasteiger charge is 2.22. The van der Waals surface area contributed by atoms with Crippen molar-refractivity contribution in [1.29, 1.82) is 0 Å². The lowest BCUT2D eigenvalue weighted by molar-refractivity contribution is 1.08. The maximum absolute atomic E-state index is 5.46. The van der Waals surface area contributed by atoms with Gasteiger partial charge in [0.05, 0.1) is 33.1 Å². The van der Waals surface area contributed by atoms with E-state index < -0.39 is 0 Å². The predicted octanol–water partition coefficient (Wildman–Crippen LogP) is 13.0. The Morgan fingerprint density at radius 1 is 0.396 bits per heavy atom. The number of fused-ring (bicyclic) bond motifs is 11. The molecule has 0 aliphatic rings. The van der Waals surface area contributed by atoms with Crippen molar-refractivity contribution in [2.45, 2.75) is 0 Å². The van der Waals surface area contributed by atoms with Gasteiger partial charge < -0.3 is 4.57 Å². The molecule has 0 amide bonds. The van der Waals surface area contributed by atoms with E-state index in [1.165, 1.54) is 63.5 Å². The Morgan fingerprint density at radius 3 is 1.70 bits per heavy atom. The average molecular weight is 693 g/mol. The van der Waals surface area contributed by atoms with Crippen molar-refractivity contribution in [3.8, 4) is 22.8 Å². The molecule has 0 saturated heterocycles. The zero-order chi connectivity index (χ0) is 34.6. The first-order valence-electron chi connectivity index (χ1n) is 17.9. The van der Waals surface area contributed by atoms with E-state index in [0.717, 1.165) is 44.8 Å². The monoisotopic (exact) mass is 692 g/mol. The predicted molar refractivity (Wildman–Crippen MR) is 224 cm³/mol. The molecule has 12 rings (SSSR count). The highest BCUT2D eigenvalue weighted by molar-refractivity contribution is 7.26. The highest BCUT2D eigenvalue weighted by atomic mass is 32.1. The summed E-state index contributed by atoms with van der Waals surface area (Å²) in [4.78, 5) is 10.9. The first-order valence-corrected chi connectivity index (χ1v) is 18.7. The lowest BCUT2D eigenvalue weighted by Gasteiger charge is -2.14. The van der Waals surface area contributed by atoms with Gasteiger partial charge in [-0.25, -0.2) is 9.97 Å². The van der Waals surface area contributed by atoms with Crippen molar-refractivity contribution < 1.29 is 0 Å². The normalized spacial score (nSPS) is 12.2. The number of hydrogen-bond donors (Lipinski definition) is 0. The fourth-order valence-corrected chi connectivity index (χ4v) is 9.74. The molecule has 0 spiro atoms. The largest absolute Gasteiger partial charge is 0.309 e. The summed E-state index contributed by atoms with van der Waals surface area (Å²) in [5.41, 5.74) is 9.51. The van der Waals surface area contributed by atoms with E-state index in [2.05, 4.69) is 167 Å². The van der Waals surface area contributed by atoms with Crippen molar-refractivity contribution in [3.63, 3.8) is 0 Å². The maximum Gasteiger partial charge on any atom is 0.165 e. The molecular formula is C48H28N4S. The third-order valence-electron chi connectivity index (χ3n) is 10.9. The van der Waals surface area contributed by atoms with Gasteiger partial charge >= 0.3 is 0 Å². The summed E-state index contributed by atoms with van der Waals surface area (Å²) in [6.07, 6.45) is 0. The van der Waals surface area contributed by atoms with Crippen LogP contribution in [0.5, 0.6) is 0 Å². The van der Waals surface area contributed by atoms with E-state index in [1.54, 1.807) is 0 Å². The van der Waals surface area contributed by atoms with E-state index >= 15 is 0 Å². The third-order valence-corrected chi connectivity index (χ3v) is 12.1. The topological polar surface area (TPSA) is 35.6 Å². The van der Waals surface area contributed by atoms with Crippen LogP contribution >= 0.6 is 11.3 Å². The van der Waals surface area contributed by atoms with Crippen LogP contribution in [-0.4, -0.2) is 19.1 Å². The summed E-state index contributed by atoms with van der Waals surface area (Å²) in [6, 6.07) is 61.1. The number of para-hydroxylation sites is 5. The summed E-state index contributed by atoms with van der Waals surface area (Å²) < 4.78 is 7.24. The van der Waals surface area contributed by atoms with Crippen molar-refractivity contribution >= 4 is 96.9 Å². The summed E-state index contributed by atoms with van der Waals surface area (Å²) >= 11 is 1.83. The summed E-state index contributed by atoms with van der Waals surface area (Å²) in [6.45, 7) is 0. The Kier molecular flexibility index (Phi) is 5.90. The number of thiophene rings is 1. The Labute approximate surface area is 307 Å². The van der Waals surface area contributed by atoms with Crippen molar-refractivity contribution in [2.75, 3.05) is 0 Å². The molecule has 246 valence electrons. The molecule has 0 aliphatic heterocycles. The molecule has 0 radical (unpaired) electrons. The Bertz CT molecular complexity index is 3460. The Balaban J connectivity index is 1.20. The molecule has 0 atom stereocenters. The van der Waals surface area contributed by atoms with Gasteiger partial charge in [0.25, 0.3) is 0 Å². The van der Waals surface area contributed by atoms with Crippen molar-refractivity contribution in [3.05, 3.63) is 170 Å². The van der Waals surface area contributed by atoms with Gasteiger partial charge in [-0.15, -0.1) is 11.3 Å². The Hall–Kier alpha value is -6.82.